The first-order valence-electron chi connectivity index (χ1n) is 8.48. The lowest BCUT2D eigenvalue weighted by Crippen LogP contribution is -2.49. The highest BCUT2D eigenvalue weighted by Gasteiger charge is 2.35. The summed E-state index contributed by atoms with van der Waals surface area (Å²) in [7, 11) is 0. The van der Waals surface area contributed by atoms with Crippen LogP contribution in [0.3, 0.4) is 0 Å². The molecule has 2 aromatic rings. The Morgan fingerprint density at radius 1 is 1.28 bits per heavy atom. The van der Waals surface area contributed by atoms with Gasteiger partial charge < -0.3 is 10.0 Å². The summed E-state index contributed by atoms with van der Waals surface area (Å²) in [5.41, 5.74) is 3.93. The first kappa shape index (κ1) is 17.2. The third-order valence-corrected chi connectivity index (χ3v) is 4.79. The number of hydrogen-bond donors (Lipinski definition) is 1. The molecule has 3 rings (SSSR count). The first-order chi connectivity index (χ1) is 11.9. The Morgan fingerprint density at radius 2 is 1.96 bits per heavy atom. The molecule has 2 unspecified atom stereocenters. The maximum atomic E-state index is 12.8. The van der Waals surface area contributed by atoms with Crippen molar-refractivity contribution in [2.45, 2.75) is 52.2 Å². The van der Waals surface area contributed by atoms with Gasteiger partial charge in [0.15, 0.2) is 0 Å². The van der Waals surface area contributed by atoms with Crippen LogP contribution in [0, 0.1) is 13.8 Å². The predicted octanol–water partition coefficient (Wildman–Crippen LogP) is 2.49. The lowest BCUT2D eigenvalue weighted by atomic mass is 9.93. The molecule has 1 aromatic carbocycles. The van der Waals surface area contributed by atoms with Gasteiger partial charge in [-0.05, 0) is 38.0 Å². The largest absolute Gasteiger partial charge is 0.480 e. The van der Waals surface area contributed by atoms with Crippen LogP contribution in [0.2, 0.25) is 0 Å². The summed E-state index contributed by atoms with van der Waals surface area (Å²) in [6.45, 7) is 6.15. The number of carboxylic acid groups (broad SMARTS) is 1. The highest BCUT2D eigenvalue weighted by Crippen LogP contribution is 2.26. The second-order valence-electron chi connectivity index (χ2n) is 6.77. The molecule has 2 heterocycles. The van der Waals surface area contributed by atoms with Crippen molar-refractivity contribution < 1.29 is 14.7 Å². The minimum Gasteiger partial charge on any atom is -0.480 e. The van der Waals surface area contributed by atoms with E-state index in [-0.39, 0.29) is 18.4 Å². The number of amides is 1. The molecule has 6 heteroatoms. The first-order valence-corrected chi connectivity index (χ1v) is 8.48. The SMILES string of the molecule is Cc1cc(C)n(C(C)CC(=O)N2Cc3ccccc3CC2C(=O)O)n1. The van der Waals surface area contributed by atoms with Gasteiger partial charge in [0.25, 0.3) is 0 Å². The molecule has 1 aliphatic heterocycles. The van der Waals surface area contributed by atoms with E-state index in [2.05, 4.69) is 5.10 Å². The van der Waals surface area contributed by atoms with Crippen molar-refractivity contribution in [3.05, 3.63) is 52.8 Å². The van der Waals surface area contributed by atoms with Gasteiger partial charge >= 0.3 is 5.97 Å². The lowest BCUT2D eigenvalue weighted by molar-refractivity contribution is -0.151. The molecule has 2 atom stereocenters. The molecule has 132 valence electrons. The normalized spacial score (nSPS) is 17.9. The third-order valence-electron chi connectivity index (χ3n) is 4.79. The van der Waals surface area contributed by atoms with Crippen LogP contribution in [0.25, 0.3) is 0 Å². The van der Waals surface area contributed by atoms with Gasteiger partial charge in [-0.15, -0.1) is 0 Å². The average Bonchev–Trinajstić information content (AvgIpc) is 2.92. The van der Waals surface area contributed by atoms with Crippen LogP contribution >= 0.6 is 0 Å². The Balaban J connectivity index is 1.80. The maximum absolute atomic E-state index is 12.8. The Morgan fingerprint density at radius 3 is 2.56 bits per heavy atom. The minimum atomic E-state index is -0.957. The van der Waals surface area contributed by atoms with Gasteiger partial charge in [-0.2, -0.15) is 5.10 Å². The van der Waals surface area contributed by atoms with Crippen LogP contribution in [0.5, 0.6) is 0 Å². The minimum absolute atomic E-state index is 0.118. The summed E-state index contributed by atoms with van der Waals surface area (Å²) >= 11 is 0. The number of benzene rings is 1. The number of aromatic nitrogens is 2. The van der Waals surface area contributed by atoms with Gasteiger partial charge in [0.05, 0.1) is 11.7 Å². The van der Waals surface area contributed by atoms with Crippen molar-refractivity contribution in [3.8, 4) is 0 Å². The van der Waals surface area contributed by atoms with Crippen molar-refractivity contribution in [1.29, 1.82) is 0 Å². The quantitative estimate of drug-likeness (QED) is 0.927. The van der Waals surface area contributed by atoms with Crippen molar-refractivity contribution in [2.24, 2.45) is 0 Å². The summed E-state index contributed by atoms with van der Waals surface area (Å²) in [6, 6.07) is 8.76. The maximum Gasteiger partial charge on any atom is 0.326 e. The molecule has 0 bridgehead atoms. The van der Waals surface area contributed by atoms with Gasteiger partial charge in [0.1, 0.15) is 6.04 Å². The fourth-order valence-corrected chi connectivity index (χ4v) is 3.55. The number of nitrogens with zero attached hydrogens (tertiary/aromatic N) is 3. The molecule has 1 aromatic heterocycles. The molecule has 1 aliphatic rings. The molecule has 0 spiro atoms. The van der Waals surface area contributed by atoms with Crippen molar-refractivity contribution >= 4 is 11.9 Å². The number of fused-ring (bicyclic) bond motifs is 1. The van der Waals surface area contributed by atoms with Gasteiger partial charge in [-0.1, -0.05) is 24.3 Å². The van der Waals surface area contributed by atoms with E-state index in [1.54, 1.807) is 0 Å². The lowest BCUT2D eigenvalue weighted by Gasteiger charge is -2.35. The molecule has 0 aliphatic carbocycles. The number of carbonyl (C=O) groups excluding carboxylic acids is 1. The van der Waals surface area contributed by atoms with Gasteiger partial charge in [0.2, 0.25) is 5.91 Å². The summed E-state index contributed by atoms with van der Waals surface area (Å²) in [4.78, 5) is 26.0. The van der Waals surface area contributed by atoms with E-state index in [1.807, 2.05) is 55.8 Å². The number of aryl methyl sites for hydroxylation is 2. The summed E-state index contributed by atoms with van der Waals surface area (Å²) in [5.74, 6) is -1.11. The second-order valence-corrected chi connectivity index (χ2v) is 6.77. The fourth-order valence-electron chi connectivity index (χ4n) is 3.55. The van der Waals surface area contributed by atoms with E-state index in [1.165, 1.54) is 4.90 Å². The highest BCUT2D eigenvalue weighted by molar-refractivity contribution is 5.84. The Bertz CT molecular complexity index is 812. The Kier molecular flexibility index (Phi) is 4.61. The zero-order chi connectivity index (χ0) is 18.1. The number of carbonyl (C=O) groups is 2. The van der Waals surface area contributed by atoms with Crippen molar-refractivity contribution in [3.63, 3.8) is 0 Å². The van der Waals surface area contributed by atoms with Crippen molar-refractivity contribution in [1.82, 2.24) is 14.7 Å². The van der Waals surface area contributed by atoms with Crippen molar-refractivity contribution in [2.75, 3.05) is 0 Å². The molecule has 0 fully saturated rings. The van der Waals surface area contributed by atoms with Crippen LogP contribution in [0.15, 0.2) is 30.3 Å². The summed E-state index contributed by atoms with van der Waals surface area (Å²) in [5, 5.41) is 14.0. The van der Waals surface area contributed by atoms with Gasteiger partial charge in [0, 0.05) is 25.1 Å². The number of aliphatic carboxylic acids is 1. The van der Waals surface area contributed by atoms with E-state index < -0.39 is 12.0 Å². The van der Waals surface area contributed by atoms with E-state index in [0.29, 0.717) is 13.0 Å². The summed E-state index contributed by atoms with van der Waals surface area (Å²) < 4.78 is 1.83. The molecule has 0 saturated carbocycles. The van der Waals surface area contributed by atoms with Gasteiger partial charge in [-0.3, -0.25) is 9.48 Å². The van der Waals surface area contributed by atoms with Crippen LogP contribution in [0.4, 0.5) is 0 Å². The standard InChI is InChI=1S/C19H23N3O3/c1-12-8-13(2)22(20-12)14(3)9-18(23)21-11-16-7-5-4-6-15(16)10-17(21)19(24)25/h4-8,14,17H,9-11H2,1-3H3,(H,24,25). The highest BCUT2D eigenvalue weighted by atomic mass is 16.4. The smallest absolute Gasteiger partial charge is 0.326 e. The number of rotatable bonds is 4. The Hall–Kier alpha value is -2.63. The molecule has 1 N–H and O–H groups in total. The Labute approximate surface area is 147 Å². The number of hydrogen-bond acceptors (Lipinski definition) is 3. The molecule has 0 saturated heterocycles. The summed E-state index contributed by atoms with van der Waals surface area (Å²) in [6.07, 6.45) is 0.583. The second kappa shape index (κ2) is 6.70. The van der Waals surface area contributed by atoms with Crippen LogP contribution in [0.1, 0.15) is 41.9 Å². The number of carboxylic acids is 1. The van der Waals surface area contributed by atoms with Crippen LogP contribution in [-0.4, -0.2) is 37.7 Å². The molecule has 25 heavy (non-hydrogen) atoms. The van der Waals surface area contributed by atoms with E-state index in [0.717, 1.165) is 22.5 Å². The molecule has 1 amide bonds. The molecule has 6 nitrogen and oxygen atoms in total. The van der Waals surface area contributed by atoms with Crippen LogP contribution < -0.4 is 0 Å². The molecule has 0 radical (unpaired) electrons. The molecular weight excluding hydrogens is 318 g/mol. The predicted molar refractivity (Wildman–Crippen MR) is 93.1 cm³/mol. The van der Waals surface area contributed by atoms with Crippen LogP contribution in [-0.2, 0) is 22.6 Å². The topological polar surface area (TPSA) is 75.4 Å². The molecular formula is C19H23N3O3. The van der Waals surface area contributed by atoms with E-state index in [4.69, 9.17) is 0 Å². The monoisotopic (exact) mass is 341 g/mol. The third kappa shape index (κ3) is 3.43. The average molecular weight is 341 g/mol. The van der Waals surface area contributed by atoms with Gasteiger partial charge in [-0.25, -0.2) is 4.79 Å². The fraction of sp³-hybridized carbons (Fsp3) is 0.421. The van der Waals surface area contributed by atoms with E-state index in [9.17, 15) is 14.7 Å². The van der Waals surface area contributed by atoms with E-state index >= 15 is 0 Å². The zero-order valence-electron chi connectivity index (χ0n) is 14.8. The zero-order valence-corrected chi connectivity index (χ0v) is 14.8.